The molecule has 0 atom stereocenters. The second-order valence-corrected chi connectivity index (χ2v) is 4.28. The fourth-order valence-electron chi connectivity index (χ4n) is 1.43. The van der Waals surface area contributed by atoms with Crippen molar-refractivity contribution in [2.75, 3.05) is 25.1 Å². The lowest BCUT2D eigenvalue weighted by Crippen LogP contribution is -2.57. The van der Waals surface area contributed by atoms with E-state index in [2.05, 4.69) is 10.6 Å². The molecule has 3 amide bonds. The molecule has 110 valence electrons. The maximum Gasteiger partial charge on any atom is 0.316 e. The molecule has 0 saturated heterocycles. The van der Waals surface area contributed by atoms with Gasteiger partial charge in [0.25, 0.3) is 5.91 Å². The normalized spacial score (nSPS) is 10.9. The van der Waals surface area contributed by atoms with Gasteiger partial charge in [-0.3, -0.25) is 4.79 Å². The maximum absolute atomic E-state index is 11.9. The molecular weight excluding hydrogens is 266 g/mol. The predicted molar refractivity (Wildman–Crippen MR) is 71.1 cm³/mol. The second kappa shape index (κ2) is 6.85. The Kier molecular flexibility index (Phi) is 5.44. The van der Waals surface area contributed by atoms with E-state index < -0.39 is 37.3 Å². The first-order valence-electron chi connectivity index (χ1n) is 5.78. The molecule has 0 spiro atoms. The van der Waals surface area contributed by atoms with Gasteiger partial charge in [0, 0.05) is 11.3 Å². The molecule has 1 aromatic rings. The van der Waals surface area contributed by atoms with Crippen molar-refractivity contribution < 1.29 is 24.9 Å². The van der Waals surface area contributed by atoms with E-state index in [0.717, 1.165) is 0 Å². The smallest absolute Gasteiger partial charge is 0.316 e. The van der Waals surface area contributed by atoms with Crippen molar-refractivity contribution in [2.24, 2.45) is 5.73 Å². The zero-order chi connectivity index (χ0) is 15.2. The number of nitrogens with two attached hydrogens (primary N) is 1. The first-order chi connectivity index (χ1) is 9.46. The van der Waals surface area contributed by atoms with Crippen LogP contribution < -0.4 is 16.4 Å². The summed E-state index contributed by atoms with van der Waals surface area (Å²) in [6, 6.07) is 5.08. The minimum absolute atomic E-state index is 0.236. The zero-order valence-corrected chi connectivity index (χ0v) is 10.7. The Morgan fingerprint density at radius 3 is 1.95 bits per heavy atom. The molecule has 20 heavy (non-hydrogen) atoms. The van der Waals surface area contributed by atoms with E-state index in [1.807, 2.05) is 0 Å². The predicted octanol–water partition coefficient (Wildman–Crippen LogP) is -1.38. The highest BCUT2D eigenvalue weighted by atomic mass is 16.3. The van der Waals surface area contributed by atoms with E-state index in [-0.39, 0.29) is 5.56 Å². The molecule has 0 aromatic heterocycles. The fourth-order valence-corrected chi connectivity index (χ4v) is 1.43. The number of carbonyl (C=O) groups excluding carboxylic acids is 2. The molecular formula is C12H17N3O5. The molecule has 0 radical (unpaired) electrons. The maximum atomic E-state index is 11.9. The molecule has 0 aliphatic heterocycles. The van der Waals surface area contributed by atoms with Crippen molar-refractivity contribution in [1.82, 2.24) is 5.32 Å². The number of aliphatic hydroxyl groups excluding tert-OH is 3. The third-order valence-corrected chi connectivity index (χ3v) is 2.70. The average Bonchev–Trinajstić information content (AvgIpc) is 2.45. The van der Waals surface area contributed by atoms with Gasteiger partial charge >= 0.3 is 6.03 Å². The second-order valence-electron chi connectivity index (χ2n) is 4.28. The van der Waals surface area contributed by atoms with Gasteiger partial charge in [-0.05, 0) is 24.3 Å². The largest absolute Gasteiger partial charge is 0.394 e. The first-order valence-corrected chi connectivity index (χ1v) is 5.78. The third kappa shape index (κ3) is 3.92. The van der Waals surface area contributed by atoms with Gasteiger partial charge in [-0.2, -0.15) is 0 Å². The quantitative estimate of drug-likeness (QED) is 0.381. The minimum atomic E-state index is -1.48. The highest BCUT2D eigenvalue weighted by Crippen LogP contribution is 2.11. The minimum Gasteiger partial charge on any atom is -0.394 e. The highest BCUT2D eigenvalue weighted by molar-refractivity contribution is 5.95. The Morgan fingerprint density at radius 1 is 1.05 bits per heavy atom. The molecule has 7 N–H and O–H groups in total. The van der Waals surface area contributed by atoms with Crippen LogP contribution in [0.5, 0.6) is 0 Å². The van der Waals surface area contributed by atoms with Gasteiger partial charge in [0.2, 0.25) is 0 Å². The van der Waals surface area contributed by atoms with Crippen LogP contribution in [-0.4, -0.2) is 52.6 Å². The van der Waals surface area contributed by atoms with Gasteiger partial charge in [-0.15, -0.1) is 0 Å². The summed E-state index contributed by atoms with van der Waals surface area (Å²) in [5.74, 6) is -0.576. The summed E-state index contributed by atoms with van der Waals surface area (Å²) >= 11 is 0. The number of benzene rings is 1. The van der Waals surface area contributed by atoms with Gasteiger partial charge in [-0.1, -0.05) is 0 Å². The molecule has 0 saturated carbocycles. The van der Waals surface area contributed by atoms with Crippen LogP contribution in [0.4, 0.5) is 10.5 Å². The summed E-state index contributed by atoms with van der Waals surface area (Å²) < 4.78 is 0. The van der Waals surface area contributed by atoms with Crippen molar-refractivity contribution in [3.8, 4) is 0 Å². The lowest BCUT2D eigenvalue weighted by molar-refractivity contribution is 0.0375. The number of hydrogen-bond donors (Lipinski definition) is 6. The fraction of sp³-hybridized carbons (Fsp3) is 0.333. The SMILES string of the molecule is NC(=O)Nc1ccc(C(=O)NC(CO)(CO)CO)cc1. The van der Waals surface area contributed by atoms with Gasteiger partial charge in [0.1, 0.15) is 5.54 Å². The summed E-state index contributed by atoms with van der Waals surface area (Å²) in [6.45, 7) is -1.81. The number of rotatable bonds is 6. The van der Waals surface area contributed by atoms with E-state index in [9.17, 15) is 9.59 Å². The number of anilines is 1. The topological polar surface area (TPSA) is 145 Å². The monoisotopic (exact) mass is 283 g/mol. The van der Waals surface area contributed by atoms with Crippen LogP contribution in [0.25, 0.3) is 0 Å². The molecule has 0 bridgehead atoms. The van der Waals surface area contributed by atoms with Crippen molar-refractivity contribution in [2.45, 2.75) is 5.54 Å². The van der Waals surface area contributed by atoms with Gasteiger partial charge in [0.15, 0.2) is 0 Å². The number of primary amides is 1. The van der Waals surface area contributed by atoms with Crippen LogP contribution in [0.3, 0.4) is 0 Å². The first kappa shape index (κ1) is 15.9. The Bertz CT molecular complexity index is 462. The van der Waals surface area contributed by atoms with Crippen LogP contribution in [0.1, 0.15) is 10.4 Å². The lowest BCUT2D eigenvalue weighted by atomic mass is 10.0. The van der Waals surface area contributed by atoms with E-state index in [1.54, 1.807) is 0 Å². The summed E-state index contributed by atoms with van der Waals surface area (Å²) in [5, 5.41) is 32.1. The Balaban J connectivity index is 2.79. The summed E-state index contributed by atoms with van der Waals surface area (Å²) in [4.78, 5) is 22.6. The molecule has 0 aliphatic carbocycles. The number of aliphatic hydroxyl groups is 3. The van der Waals surface area contributed by atoms with Crippen LogP contribution in [0, 0.1) is 0 Å². The zero-order valence-electron chi connectivity index (χ0n) is 10.7. The number of nitrogens with one attached hydrogen (secondary N) is 2. The Morgan fingerprint density at radius 2 is 1.55 bits per heavy atom. The Hall–Kier alpha value is -2.16. The number of hydrogen-bond acceptors (Lipinski definition) is 5. The van der Waals surface area contributed by atoms with Crippen LogP contribution in [0.2, 0.25) is 0 Å². The molecule has 0 heterocycles. The van der Waals surface area contributed by atoms with E-state index >= 15 is 0 Å². The van der Waals surface area contributed by atoms with Gasteiger partial charge < -0.3 is 31.7 Å². The van der Waals surface area contributed by atoms with Crippen LogP contribution in [-0.2, 0) is 0 Å². The molecule has 8 nitrogen and oxygen atoms in total. The summed E-state index contributed by atoms with van der Waals surface area (Å²) in [6.07, 6.45) is 0. The van der Waals surface area contributed by atoms with Crippen LogP contribution in [0.15, 0.2) is 24.3 Å². The lowest BCUT2D eigenvalue weighted by Gasteiger charge is -2.28. The van der Waals surface area contributed by atoms with Crippen molar-refractivity contribution in [3.05, 3.63) is 29.8 Å². The van der Waals surface area contributed by atoms with Crippen molar-refractivity contribution in [3.63, 3.8) is 0 Å². The molecule has 0 aliphatic rings. The summed E-state index contributed by atoms with van der Waals surface area (Å²) in [7, 11) is 0. The molecule has 0 fully saturated rings. The van der Waals surface area contributed by atoms with E-state index in [4.69, 9.17) is 21.1 Å². The Labute approximate surface area is 115 Å². The standard InChI is InChI=1S/C12H17N3O5/c13-11(20)14-9-3-1-8(2-4-9)10(19)15-12(5-16,6-17)7-18/h1-4,16-18H,5-7H2,(H,15,19)(H3,13,14,20). The average molecular weight is 283 g/mol. The number of carbonyl (C=O) groups is 2. The molecule has 1 rings (SSSR count). The van der Waals surface area contributed by atoms with Crippen molar-refractivity contribution in [1.29, 1.82) is 0 Å². The van der Waals surface area contributed by atoms with E-state index in [0.29, 0.717) is 5.69 Å². The van der Waals surface area contributed by atoms with E-state index in [1.165, 1.54) is 24.3 Å². The summed E-state index contributed by atoms with van der Waals surface area (Å²) in [5.41, 5.74) is 4.12. The third-order valence-electron chi connectivity index (χ3n) is 2.70. The molecule has 8 heteroatoms. The van der Waals surface area contributed by atoms with Gasteiger partial charge in [-0.25, -0.2) is 4.79 Å². The van der Waals surface area contributed by atoms with Crippen molar-refractivity contribution >= 4 is 17.6 Å². The number of urea groups is 1. The van der Waals surface area contributed by atoms with Crippen LogP contribution >= 0.6 is 0 Å². The highest BCUT2D eigenvalue weighted by Gasteiger charge is 2.30. The molecule has 1 aromatic carbocycles. The van der Waals surface area contributed by atoms with Gasteiger partial charge in [0.05, 0.1) is 19.8 Å². The molecule has 0 unspecified atom stereocenters. The number of amides is 3.